The van der Waals surface area contributed by atoms with Crippen LogP contribution >= 0.6 is 0 Å². The first kappa shape index (κ1) is 12.1. The van der Waals surface area contributed by atoms with E-state index in [0.717, 1.165) is 5.69 Å². The predicted octanol–water partition coefficient (Wildman–Crippen LogP) is 1.04. The largest absolute Gasteiger partial charge is 0.415 e. The molecule has 0 bridgehead atoms. The Hall–Kier alpha value is -1.01. The van der Waals surface area contributed by atoms with E-state index >= 15 is 0 Å². The van der Waals surface area contributed by atoms with Crippen molar-refractivity contribution in [2.45, 2.75) is 18.8 Å². The Morgan fingerprint density at radius 1 is 1.53 bits per heavy atom. The van der Waals surface area contributed by atoms with E-state index in [4.69, 9.17) is 5.11 Å². The van der Waals surface area contributed by atoms with Gasteiger partial charge in [-0.2, -0.15) is 13.2 Å². The highest BCUT2D eigenvalue weighted by atomic mass is 19.4. The topological polar surface area (TPSA) is 37.2 Å². The van der Waals surface area contributed by atoms with Crippen molar-refractivity contribution in [1.82, 2.24) is 9.88 Å². The number of hydrogen-bond donors (Lipinski definition) is 2. The average Bonchev–Trinajstić information content (AvgIpc) is 2.50. The van der Waals surface area contributed by atoms with Gasteiger partial charge in [-0.15, -0.1) is 0 Å². The van der Waals surface area contributed by atoms with Gasteiger partial charge in [0, 0.05) is 32.0 Å². The fraction of sp³-hybridized carbons (Fsp3) is 0.556. The molecule has 0 aliphatic heterocycles. The third-order valence-corrected chi connectivity index (χ3v) is 2.07. The first-order valence-electron chi connectivity index (χ1n) is 4.47. The van der Waals surface area contributed by atoms with Crippen LogP contribution in [0.1, 0.15) is 5.69 Å². The molecule has 1 aromatic rings. The van der Waals surface area contributed by atoms with Crippen molar-refractivity contribution in [3.63, 3.8) is 0 Å². The van der Waals surface area contributed by atoms with E-state index in [-0.39, 0.29) is 0 Å². The van der Waals surface area contributed by atoms with Crippen LogP contribution in [0, 0.1) is 0 Å². The number of hydrogen-bond acceptors (Lipinski definition) is 2. The summed E-state index contributed by atoms with van der Waals surface area (Å²) >= 11 is 0. The molecular weight excluding hydrogens is 209 g/mol. The number of nitrogens with zero attached hydrogens (tertiary/aromatic N) is 1. The van der Waals surface area contributed by atoms with E-state index in [1.807, 2.05) is 0 Å². The maximum atomic E-state index is 11.9. The van der Waals surface area contributed by atoms with Gasteiger partial charge in [0.05, 0.1) is 0 Å². The molecule has 0 saturated carbocycles. The minimum absolute atomic E-state index is 0.302. The summed E-state index contributed by atoms with van der Waals surface area (Å²) < 4.78 is 37.5. The molecule has 1 atom stereocenters. The first-order valence-corrected chi connectivity index (χ1v) is 4.47. The van der Waals surface area contributed by atoms with Crippen LogP contribution in [0.5, 0.6) is 0 Å². The van der Waals surface area contributed by atoms with Crippen LogP contribution in [-0.4, -0.2) is 28.5 Å². The number of nitrogens with one attached hydrogen (secondary N) is 1. The quantitative estimate of drug-likeness (QED) is 0.798. The summed E-state index contributed by atoms with van der Waals surface area (Å²) in [7, 11) is 1.80. The normalized spacial score (nSPS) is 14.2. The van der Waals surface area contributed by atoms with E-state index in [1.165, 1.54) is 0 Å². The second-order valence-electron chi connectivity index (χ2n) is 3.30. The summed E-state index contributed by atoms with van der Waals surface area (Å²) in [5, 5.41) is 11.2. The SMILES string of the molecule is Cn1cccc1CNC[C@@H](O)C(F)(F)F. The van der Waals surface area contributed by atoms with Gasteiger partial charge in [-0.25, -0.2) is 0 Å². The molecule has 0 unspecified atom stereocenters. The molecule has 0 spiro atoms. The lowest BCUT2D eigenvalue weighted by Gasteiger charge is -2.15. The van der Waals surface area contributed by atoms with Crippen molar-refractivity contribution < 1.29 is 18.3 Å². The number of aromatic nitrogens is 1. The molecule has 1 aromatic heterocycles. The highest BCUT2D eigenvalue weighted by Crippen LogP contribution is 2.19. The van der Waals surface area contributed by atoms with Gasteiger partial charge in [-0.1, -0.05) is 0 Å². The molecule has 0 fully saturated rings. The average molecular weight is 222 g/mol. The summed E-state index contributed by atoms with van der Waals surface area (Å²) in [6, 6.07) is 3.60. The van der Waals surface area contributed by atoms with Crippen LogP contribution in [0.2, 0.25) is 0 Å². The number of halogens is 3. The molecule has 0 aliphatic rings. The molecular formula is C9H13F3N2O. The van der Waals surface area contributed by atoms with Gasteiger partial charge in [0.25, 0.3) is 0 Å². The number of aliphatic hydroxyl groups excluding tert-OH is 1. The van der Waals surface area contributed by atoms with Gasteiger partial charge in [0.1, 0.15) is 0 Å². The van der Waals surface area contributed by atoms with Gasteiger partial charge in [-0.3, -0.25) is 0 Å². The molecule has 1 heterocycles. The van der Waals surface area contributed by atoms with Crippen LogP contribution in [0.3, 0.4) is 0 Å². The molecule has 0 amide bonds. The molecule has 2 N–H and O–H groups in total. The summed E-state index contributed by atoms with van der Waals surface area (Å²) in [6.45, 7) is -0.189. The lowest BCUT2D eigenvalue weighted by atomic mass is 10.3. The summed E-state index contributed by atoms with van der Waals surface area (Å²) in [4.78, 5) is 0. The monoisotopic (exact) mass is 222 g/mol. The zero-order valence-corrected chi connectivity index (χ0v) is 8.25. The summed E-state index contributed by atoms with van der Waals surface area (Å²) in [6.07, 6.45) is -5.06. The van der Waals surface area contributed by atoms with Crippen molar-refractivity contribution in [3.05, 3.63) is 24.0 Å². The van der Waals surface area contributed by atoms with Gasteiger partial charge < -0.3 is 15.0 Å². The van der Waals surface area contributed by atoms with Gasteiger partial charge in [-0.05, 0) is 12.1 Å². The van der Waals surface area contributed by atoms with Gasteiger partial charge in [0.2, 0.25) is 0 Å². The number of aryl methyl sites for hydroxylation is 1. The molecule has 15 heavy (non-hydrogen) atoms. The molecule has 86 valence electrons. The highest BCUT2D eigenvalue weighted by molar-refractivity contribution is 5.05. The molecule has 0 aliphatic carbocycles. The maximum absolute atomic E-state index is 11.9. The number of rotatable bonds is 4. The minimum Gasteiger partial charge on any atom is -0.382 e. The predicted molar refractivity (Wildman–Crippen MR) is 49.2 cm³/mol. The van der Waals surface area contributed by atoms with Crippen LogP contribution < -0.4 is 5.32 Å². The zero-order chi connectivity index (χ0) is 11.5. The van der Waals surface area contributed by atoms with Crippen molar-refractivity contribution in [2.24, 2.45) is 7.05 Å². The van der Waals surface area contributed by atoms with E-state index in [9.17, 15) is 13.2 Å². The van der Waals surface area contributed by atoms with Crippen LogP contribution in [0.15, 0.2) is 18.3 Å². The molecule has 0 aromatic carbocycles. The Bertz CT molecular complexity index is 309. The third-order valence-electron chi connectivity index (χ3n) is 2.07. The van der Waals surface area contributed by atoms with E-state index in [0.29, 0.717) is 6.54 Å². The van der Waals surface area contributed by atoms with Crippen molar-refractivity contribution in [2.75, 3.05) is 6.54 Å². The smallest absolute Gasteiger partial charge is 0.382 e. The van der Waals surface area contributed by atoms with E-state index in [2.05, 4.69) is 5.32 Å². The molecule has 3 nitrogen and oxygen atoms in total. The minimum atomic E-state index is -4.55. The maximum Gasteiger partial charge on any atom is 0.415 e. The Morgan fingerprint density at radius 2 is 2.20 bits per heavy atom. The fourth-order valence-corrected chi connectivity index (χ4v) is 1.13. The Kier molecular flexibility index (Phi) is 3.76. The standard InChI is InChI=1S/C9H13F3N2O/c1-14-4-2-3-7(14)5-13-6-8(15)9(10,11)12/h2-4,8,13,15H,5-6H2,1H3/t8-/m1/s1. The van der Waals surface area contributed by atoms with Crippen LogP contribution in [0.25, 0.3) is 0 Å². The lowest BCUT2D eigenvalue weighted by Crippen LogP contribution is -2.38. The Morgan fingerprint density at radius 3 is 2.67 bits per heavy atom. The van der Waals surface area contributed by atoms with Crippen LogP contribution in [0.4, 0.5) is 13.2 Å². The molecule has 0 radical (unpaired) electrons. The molecule has 6 heteroatoms. The second-order valence-corrected chi connectivity index (χ2v) is 3.30. The fourth-order valence-electron chi connectivity index (χ4n) is 1.13. The lowest BCUT2D eigenvalue weighted by molar-refractivity contribution is -0.201. The summed E-state index contributed by atoms with van der Waals surface area (Å²) in [5.74, 6) is 0. The Balaban J connectivity index is 2.31. The second kappa shape index (κ2) is 4.67. The molecule has 0 saturated heterocycles. The number of aliphatic hydroxyl groups is 1. The molecule has 1 rings (SSSR count). The van der Waals surface area contributed by atoms with Gasteiger partial charge in [0.15, 0.2) is 6.10 Å². The van der Waals surface area contributed by atoms with Crippen molar-refractivity contribution in [1.29, 1.82) is 0 Å². The first-order chi connectivity index (χ1) is 6.91. The van der Waals surface area contributed by atoms with Crippen molar-refractivity contribution in [3.8, 4) is 0 Å². The van der Waals surface area contributed by atoms with E-state index < -0.39 is 18.8 Å². The van der Waals surface area contributed by atoms with Gasteiger partial charge >= 0.3 is 6.18 Å². The highest BCUT2D eigenvalue weighted by Gasteiger charge is 2.37. The Labute approximate surface area is 85.5 Å². The third kappa shape index (κ3) is 3.56. The van der Waals surface area contributed by atoms with E-state index in [1.54, 1.807) is 29.9 Å². The zero-order valence-electron chi connectivity index (χ0n) is 8.25. The summed E-state index contributed by atoms with van der Waals surface area (Å²) in [5.41, 5.74) is 0.865. The number of alkyl halides is 3. The van der Waals surface area contributed by atoms with Crippen LogP contribution in [-0.2, 0) is 13.6 Å². The van der Waals surface area contributed by atoms with Crippen molar-refractivity contribution >= 4 is 0 Å².